The molecule has 0 spiro atoms. The molecule has 0 unspecified atom stereocenters. The van der Waals surface area contributed by atoms with Gasteiger partial charge in [-0.15, -0.1) is 0 Å². The number of nitrogens with two attached hydrogens (primary N) is 1. The predicted octanol–water partition coefficient (Wildman–Crippen LogP) is 5.73. The summed E-state index contributed by atoms with van der Waals surface area (Å²) >= 11 is 0. The third kappa shape index (κ3) is 7.86. The molecule has 0 fully saturated rings. The fourth-order valence-corrected chi connectivity index (χ4v) is 3.02. The quantitative estimate of drug-likeness (QED) is 0.446. The van der Waals surface area contributed by atoms with Crippen LogP contribution in [0.4, 0.5) is 5.95 Å². The lowest BCUT2D eigenvalue weighted by Gasteiger charge is -2.10. The average molecular weight is 308 g/mol. The number of anilines is 1. The van der Waals surface area contributed by atoms with Crippen molar-refractivity contribution in [2.75, 3.05) is 5.73 Å². The highest BCUT2D eigenvalue weighted by atomic mass is 15.1. The predicted molar refractivity (Wildman–Crippen MR) is 97.1 cm³/mol. The van der Waals surface area contributed by atoms with Crippen molar-refractivity contribution in [1.82, 2.24) is 9.55 Å². The number of rotatable bonds is 14. The zero-order valence-corrected chi connectivity index (χ0v) is 14.9. The summed E-state index contributed by atoms with van der Waals surface area (Å²) in [7, 11) is 0. The van der Waals surface area contributed by atoms with Crippen molar-refractivity contribution in [1.29, 1.82) is 0 Å². The molecule has 1 aromatic rings. The minimum atomic E-state index is 0.702. The monoisotopic (exact) mass is 307 g/mol. The summed E-state index contributed by atoms with van der Waals surface area (Å²) in [6.07, 6.45) is 19.2. The first-order valence-electron chi connectivity index (χ1n) is 9.59. The molecule has 128 valence electrons. The van der Waals surface area contributed by atoms with Crippen LogP contribution in [0.25, 0.3) is 0 Å². The Morgan fingerprint density at radius 2 is 1.36 bits per heavy atom. The Hall–Kier alpha value is -0.990. The molecule has 0 bridgehead atoms. The van der Waals surface area contributed by atoms with E-state index in [1.807, 2.05) is 6.20 Å². The number of aryl methyl sites for hydroxylation is 1. The van der Waals surface area contributed by atoms with Crippen molar-refractivity contribution < 1.29 is 0 Å². The molecule has 2 N–H and O–H groups in total. The third-order valence-electron chi connectivity index (χ3n) is 4.49. The molecule has 0 aromatic carbocycles. The third-order valence-corrected chi connectivity index (χ3v) is 4.49. The number of nitrogens with zero attached hydrogens (tertiary/aromatic N) is 2. The van der Waals surface area contributed by atoms with Gasteiger partial charge in [0.2, 0.25) is 0 Å². The molecule has 0 radical (unpaired) electrons. The van der Waals surface area contributed by atoms with Gasteiger partial charge in [0.1, 0.15) is 0 Å². The highest BCUT2D eigenvalue weighted by Gasteiger charge is 2.06. The minimum absolute atomic E-state index is 0.702. The van der Waals surface area contributed by atoms with E-state index in [-0.39, 0.29) is 0 Å². The van der Waals surface area contributed by atoms with Crippen LogP contribution < -0.4 is 5.73 Å². The van der Waals surface area contributed by atoms with E-state index >= 15 is 0 Å². The summed E-state index contributed by atoms with van der Waals surface area (Å²) in [6.45, 7) is 5.57. The van der Waals surface area contributed by atoms with Gasteiger partial charge in [-0.25, -0.2) is 4.98 Å². The standard InChI is InChI=1S/C19H37N3/c1-3-5-7-9-10-11-12-14-16-22-18(17-21-19(22)20)15-13-8-6-4-2/h17H,3-16H2,1-2H3,(H2,20,21). The van der Waals surface area contributed by atoms with Crippen LogP contribution in [-0.2, 0) is 13.0 Å². The summed E-state index contributed by atoms with van der Waals surface area (Å²) in [4.78, 5) is 4.31. The second-order valence-electron chi connectivity index (χ2n) is 6.54. The molecule has 0 aliphatic heterocycles. The normalized spacial score (nSPS) is 11.2. The fraction of sp³-hybridized carbons (Fsp3) is 0.842. The second-order valence-corrected chi connectivity index (χ2v) is 6.54. The van der Waals surface area contributed by atoms with Crippen LogP contribution >= 0.6 is 0 Å². The largest absolute Gasteiger partial charge is 0.369 e. The highest BCUT2D eigenvalue weighted by molar-refractivity contribution is 5.22. The van der Waals surface area contributed by atoms with Gasteiger partial charge in [0.05, 0.1) is 6.20 Å². The molecule has 1 aromatic heterocycles. The van der Waals surface area contributed by atoms with Crippen molar-refractivity contribution in [3.05, 3.63) is 11.9 Å². The molecule has 22 heavy (non-hydrogen) atoms. The van der Waals surface area contributed by atoms with E-state index in [2.05, 4.69) is 23.4 Å². The van der Waals surface area contributed by atoms with Gasteiger partial charge < -0.3 is 10.3 Å². The van der Waals surface area contributed by atoms with Crippen LogP contribution in [0.1, 0.15) is 96.6 Å². The zero-order chi connectivity index (χ0) is 16.0. The first kappa shape index (κ1) is 19.1. The molecule has 3 heteroatoms. The summed E-state index contributed by atoms with van der Waals surface area (Å²) in [5.74, 6) is 0.702. The molecule has 0 atom stereocenters. The van der Waals surface area contributed by atoms with Crippen molar-refractivity contribution >= 4 is 5.95 Å². The number of hydrogen-bond donors (Lipinski definition) is 1. The molecule has 0 aliphatic carbocycles. The number of nitrogen functional groups attached to an aromatic ring is 1. The number of imidazole rings is 1. The van der Waals surface area contributed by atoms with Gasteiger partial charge in [-0.3, -0.25) is 0 Å². The Kier molecular flexibility index (Phi) is 10.9. The molecule has 1 heterocycles. The molecule has 0 saturated heterocycles. The Labute approximate surface area is 137 Å². The SMILES string of the molecule is CCCCCCCCCCn1c(CCCCCC)cnc1N. The summed E-state index contributed by atoms with van der Waals surface area (Å²) in [5.41, 5.74) is 7.35. The van der Waals surface area contributed by atoms with Gasteiger partial charge in [0.25, 0.3) is 0 Å². The van der Waals surface area contributed by atoms with Crippen LogP contribution in [0, 0.1) is 0 Å². The average Bonchev–Trinajstić information content (AvgIpc) is 2.87. The molecule has 0 aliphatic rings. The summed E-state index contributed by atoms with van der Waals surface area (Å²) in [5, 5.41) is 0. The van der Waals surface area contributed by atoms with Crippen LogP contribution in [0.15, 0.2) is 6.20 Å². The zero-order valence-electron chi connectivity index (χ0n) is 14.9. The minimum Gasteiger partial charge on any atom is -0.369 e. The second kappa shape index (κ2) is 12.5. The lowest BCUT2D eigenvalue weighted by Crippen LogP contribution is -2.07. The van der Waals surface area contributed by atoms with Crippen molar-refractivity contribution in [2.45, 2.75) is 104 Å². The Morgan fingerprint density at radius 1 is 0.818 bits per heavy atom. The highest BCUT2D eigenvalue weighted by Crippen LogP contribution is 2.15. The first-order chi connectivity index (χ1) is 10.8. The Bertz CT molecular complexity index is 371. The lowest BCUT2D eigenvalue weighted by molar-refractivity contribution is 0.535. The van der Waals surface area contributed by atoms with Crippen LogP contribution in [0.3, 0.4) is 0 Å². The Morgan fingerprint density at radius 3 is 2.00 bits per heavy atom. The van der Waals surface area contributed by atoms with E-state index in [1.165, 1.54) is 82.7 Å². The summed E-state index contributed by atoms with van der Waals surface area (Å²) < 4.78 is 2.24. The first-order valence-corrected chi connectivity index (χ1v) is 9.59. The van der Waals surface area contributed by atoms with Gasteiger partial charge >= 0.3 is 0 Å². The maximum atomic E-state index is 6.02. The van der Waals surface area contributed by atoms with E-state index in [9.17, 15) is 0 Å². The lowest BCUT2D eigenvalue weighted by atomic mass is 10.1. The molecular formula is C19H37N3. The fourth-order valence-electron chi connectivity index (χ4n) is 3.02. The van der Waals surface area contributed by atoms with Gasteiger partial charge in [-0.2, -0.15) is 0 Å². The van der Waals surface area contributed by atoms with E-state index in [0.717, 1.165) is 13.0 Å². The van der Waals surface area contributed by atoms with E-state index in [0.29, 0.717) is 5.95 Å². The molecule has 0 saturated carbocycles. The van der Waals surface area contributed by atoms with Gasteiger partial charge in [-0.05, 0) is 19.3 Å². The molecule has 0 amide bonds. The van der Waals surface area contributed by atoms with Crippen LogP contribution in [0.2, 0.25) is 0 Å². The summed E-state index contributed by atoms with van der Waals surface area (Å²) in [6, 6.07) is 0. The molecule has 1 rings (SSSR count). The smallest absolute Gasteiger partial charge is 0.200 e. The number of unbranched alkanes of at least 4 members (excludes halogenated alkanes) is 10. The van der Waals surface area contributed by atoms with Gasteiger partial charge in [0.15, 0.2) is 5.95 Å². The van der Waals surface area contributed by atoms with Crippen LogP contribution in [-0.4, -0.2) is 9.55 Å². The maximum Gasteiger partial charge on any atom is 0.200 e. The van der Waals surface area contributed by atoms with Crippen molar-refractivity contribution in [2.24, 2.45) is 0 Å². The van der Waals surface area contributed by atoms with Gasteiger partial charge in [0, 0.05) is 12.2 Å². The van der Waals surface area contributed by atoms with E-state index in [1.54, 1.807) is 0 Å². The number of aromatic nitrogens is 2. The number of hydrogen-bond acceptors (Lipinski definition) is 2. The van der Waals surface area contributed by atoms with E-state index < -0.39 is 0 Å². The van der Waals surface area contributed by atoms with Crippen molar-refractivity contribution in [3.63, 3.8) is 0 Å². The van der Waals surface area contributed by atoms with Crippen molar-refractivity contribution in [3.8, 4) is 0 Å². The molecule has 3 nitrogen and oxygen atoms in total. The van der Waals surface area contributed by atoms with E-state index in [4.69, 9.17) is 5.73 Å². The maximum absolute atomic E-state index is 6.02. The topological polar surface area (TPSA) is 43.8 Å². The van der Waals surface area contributed by atoms with Gasteiger partial charge in [-0.1, -0.05) is 78.1 Å². The molecular weight excluding hydrogens is 270 g/mol. The van der Waals surface area contributed by atoms with Crippen LogP contribution in [0.5, 0.6) is 0 Å². The Balaban J connectivity index is 2.17.